The van der Waals surface area contributed by atoms with E-state index in [0.717, 1.165) is 11.1 Å². The molecule has 0 atom stereocenters. The van der Waals surface area contributed by atoms with Gasteiger partial charge in [-0.25, -0.2) is 16.8 Å². The maximum Gasteiger partial charge on any atom is 0.243 e. The number of fused-ring (bicyclic) bond motifs is 2. The summed E-state index contributed by atoms with van der Waals surface area (Å²) in [6.45, 7) is 11.1. The Morgan fingerprint density at radius 1 is 0.611 bits per heavy atom. The number of nitrogens with zero attached hydrogens (tertiary/aromatic N) is 2. The van der Waals surface area contributed by atoms with Crippen molar-refractivity contribution in [2.45, 2.75) is 51.3 Å². The Morgan fingerprint density at radius 2 is 0.889 bits per heavy atom. The van der Waals surface area contributed by atoms with Crippen LogP contribution in [0.3, 0.4) is 0 Å². The summed E-state index contributed by atoms with van der Waals surface area (Å²) in [7, 11) is -7.77. The molecule has 36 heavy (non-hydrogen) atoms. The maximum absolute atomic E-state index is 14.2. The van der Waals surface area contributed by atoms with E-state index in [-0.39, 0.29) is 53.6 Å². The standard InChI is InChI=1S/C27H36N2O5S2/c1-19(2)26-15-28(35(31,32)23-11-7-21(5)8-12-23)17-27(20(3)4,25(26)30)18-29(16-26)36(33,34)24-13-9-22(6)10-14-24/h7-14,19-20H,15-18H2,1-6H3. The molecule has 196 valence electrons. The smallest absolute Gasteiger partial charge is 0.243 e. The van der Waals surface area contributed by atoms with Gasteiger partial charge in [-0.15, -0.1) is 0 Å². The highest BCUT2D eigenvalue weighted by Gasteiger charge is 2.65. The number of Topliss-reactive ketones (excluding diaryl/α,β-unsaturated/α-hetero) is 1. The van der Waals surface area contributed by atoms with Crippen molar-refractivity contribution in [2.75, 3.05) is 26.2 Å². The van der Waals surface area contributed by atoms with Crippen molar-refractivity contribution in [3.05, 3.63) is 59.7 Å². The van der Waals surface area contributed by atoms with Crippen molar-refractivity contribution >= 4 is 25.8 Å². The van der Waals surface area contributed by atoms with E-state index in [9.17, 15) is 21.6 Å². The molecule has 0 radical (unpaired) electrons. The largest absolute Gasteiger partial charge is 0.298 e. The van der Waals surface area contributed by atoms with Crippen LogP contribution >= 0.6 is 0 Å². The Hall–Kier alpha value is -2.07. The van der Waals surface area contributed by atoms with Crippen molar-refractivity contribution in [2.24, 2.45) is 22.7 Å². The van der Waals surface area contributed by atoms with Crippen LogP contribution in [0.4, 0.5) is 0 Å². The molecule has 0 aromatic heterocycles. The van der Waals surface area contributed by atoms with Crippen molar-refractivity contribution < 1.29 is 21.6 Å². The molecule has 2 aromatic carbocycles. The van der Waals surface area contributed by atoms with Gasteiger partial charge in [-0.1, -0.05) is 63.1 Å². The molecule has 0 aliphatic carbocycles. The van der Waals surface area contributed by atoms with Gasteiger partial charge in [0, 0.05) is 26.2 Å². The van der Waals surface area contributed by atoms with Crippen LogP contribution in [0.1, 0.15) is 38.8 Å². The zero-order valence-electron chi connectivity index (χ0n) is 21.9. The molecule has 2 aromatic rings. The maximum atomic E-state index is 14.2. The third kappa shape index (κ3) is 4.14. The van der Waals surface area contributed by atoms with E-state index in [1.54, 1.807) is 48.5 Å². The predicted molar refractivity (Wildman–Crippen MR) is 139 cm³/mol. The molecule has 2 aliphatic heterocycles. The summed E-state index contributed by atoms with van der Waals surface area (Å²) < 4.78 is 58.0. The van der Waals surface area contributed by atoms with Crippen LogP contribution in [0.2, 0.25) is 0 Å². The van der Waals surface area contributed by atoms with E-state index in [2.05, 4.69) is 0 Å². The number of hydrogen-bond acceptors (Lipinski definition) is 5. The minimum atomic E-state index is -3.88. The minimum absolute atomic E-state index is 0.0225. The lowest BCUT2D eigenvalue weighted by Gasteiger charge is -2.59. The fourth-order valence-corrected chi connectivity index (χ4v) is 8.72. The topological polar surface area (TPSA) is 91.8 Å². The Bertz CT molecular complexity index is 1240. The third-order valence-corrected chi connectivity index (χ3v) is 11.9. The van der Waals surface area contributed by atoms with E-state index < -0.39 is 30.9 Å². The summed E-state index contributed by atoms with van der Waals surface area (Å²) in [5.74, 6) is -0.559. The zero-order valence-corrected chi connectivity index (χ0v) is 23.5. The van der Waals surface area contributed by atoms with Gasteiger partial charge in [0.15, 0.2) is 5.78 Å². The molecular weight excluding hydrogens is 496 g/mol. The van der Waals surface area contributed by atoms with Crippen molar-refractivity contribution in [1.82, 2.24) is 8.61 Å². The molecule has 0 amide bonds. The van der Waals surface area contributed by atoms with Gasteiger partial charge in [0.05, 0.1) is 20.6 Å². The van der Waals surface area contributed by atoms with E-state index in [4.69, 9.17) is 0 Å². The van der Waals surface area contributed by atoms with Crippen molar-refractivity contribution in [3.8, 4) is 0 Å². The van der Waals surface area contributed by atoms with Gasteiger partial charge in [0.2, 0.25) is 20.0 Å². The van der Waals surface area contributed by atoms with Crippen LogP contribution in [-0.2, 0) is 24.8 Å². The SMILES string of the molecule is Cc1ccc(S(=O)(=O)N2CC3(C(C)C)CN(S(=O)(=O)c4ccc(C)cc4)CC(C(C)C)(C2)C3=O)cc1. The van der Waals surface area contributed by atoms with Crippen LogP contribution in [0.25, 0.3) is 0 Å². The normalized spacial score (nSPS) is 26.1. The monoisotopic (exact) mass is 532 g/mol. The third-order valence-electron chi connectivity index (χ3n) is 8.27. The van der Waals surface area contributed by atoms with Gasteiger partial charge >= 0.3 is 0 Å². The number of aryl methyl sites for hydroxylation is 2. The van der Waals surface area contributed by atoms with Gasteiger partial charge in [-0.3, -0.25) is 4.79 Å². The fraction of sp³-hybridized carbons (Fsp3) is 0.519. The number of piperidine rings is 2. The first-order valence-corrected chi connectivity index (χ1v) is 15.2. The molecule has 4 rings (SSSR count). The average Bonchev–Trinajstić information content (AvgIpc) is 2.79. The Labute approximate surface area is 215 Å². The van der Waals surface area contributed by atoms with E-state index in [0.29, 0.717) is 0 Å². The number of carbonyl (C=O) groups excluding carboxylic acids is 1. The highest BCUT2D eigenvalue weighted by atomic mass is 32.2. The molecule has 0 spiro atoms. The second kappa shape index (κ2) is 9.04. The molecule has 2 fully saturated rings. The molecule has 2 saturated heterocycles. The number of benzene rings is 2. The van der Waals surface area contributed by atoms with Gasteiger partial charge < -0.3 is 0 Å². The van der Waals surface area contributed by atoms with Crippen LogP contribution < -0.4 is 0 Å². The van der Waals surface area contributed by atoms with E-state index >= 15 is 0 Å². The van der Waals surface area contributed by atoms with Crippen LogP contribution in [0.15, 0.2) is 58.3 Å². The molecule has 2 bridgehead atoms. The number of sulfonamides is 2. The Morgan fingerprint density at radius 3 is 1.14 bits per heavy atom. The lowest BCUT2D eigenvalue weighted by atomic mass is 9.56. The van der Waals surface area contributed by atoms with Crippen LogP contribution in [-0.4, -0.2) is 57.4 Å². The number of hydrogen-bond donors (Lipinski definition) is 0. The fourth-order valence-electron chi connectivity index (χ4n) is 5.57. The summed E-state index contributed by atoms with van der Waals surface area (Å²) in [5, 5.41) is 0. The molecule has 2 aliphatic rings. The average molecular weight is 533 g/mol. The molecule has 0 saturated carbocycles. The summed E-state index contributed by atoms with van der Waals surface area (Å²) in [6, 6.07) is 13.4. The van der Waals surface area contributed by atoms with Gasteiger partial charge in [-0.2, -0.15) is 8.61 Å². The second-order valence-corrected chi connectivity index (χ2v) is 15.0. The quantitative estimate of drug-likeness (QED) is 0.563. The van der Waals surface area contributed by atoms with Gasteiger partial charge in [0.1, 0.15) is 0 Å². The molecule has 2 heterocycles. The molecule has 0 N–H and O–H groups in total. The Kier molecular flexibility index (Phi) is 6.78. The molecule has 0 unspecified atom stereocenters. The molecule has 9 heteroatoms. The summed E-state index contributed by atoms with van der Waals surface area (Å²) in [4.78, 5) is 14.6. The van der Waals surface area contributed by atoms with Crippen molar-refractivity contribution in [1.29, 1.82) is 0 Å². The highest BCUT2D eigenvalue weighted by Crippen LogP contribution is 2.52. The van der Waals surface area contributed by atoms with Gasteiger partial charge in [-0.05, 0) is 49.9 Å². The first-order chi connectivity index (χ1) is 16.7. The summed E-state index contributed by atoms with van der Waals surface area (Å²) in [5.41, 5.74) is -0.408. The predicted octanol–water partition coefficient (Wildman–Crippen LogP) is 3.87. The summed E-state index contributed by atoms with van der Waals surface area (Å²) >= 11 is 0. The van der Waals surface area contributed by atoms with Crippen LogP contribution in [0, 0.1) is 36.5 Å². The van der Waals surface area contributed by atoms with Crippen LogP contribution in [0.5, 0.6) is 0 Å². The first kappa shape index (κ1) is 27.0. The van der Waals surface area contributed by atoms with Crippen molar-refractivity contribution in [3.63, 3.8) is 0 Å². The summed E-state index contributed by atoms with van der Waals surface area (Å²) in [6.07, 6.45) is 0. The lowest BCUT2D eigenvalue weighted by molar-refractivity contribution is -0.162. The number of carbonyl (C=O) groups is 1. The van der Waals surface area contributed by atoms with E-state index in [1.165, 1.54) is 8.61 Å². The molecule has 7 nitrogen and oxygen atoms in total. The Balaban J connectivity index is 1.84. The van der Waals surface area contributed by atoms with E-state index in [1.807, 2.05) is 41.5 Å². The second-order valence-electron chi connectivity index (χ2n) is 11.1. The lowest BCUT2D eigenvalue weighted by Crippen LogP contribution is -2.73. The molecular formula is C27H36N2O5S2. The van der Waals surface area contributed by atoms with Gasteiger partial charge in [0.25, 0.3) is 0 Å². The number of rotatable bonds is 6. The first-order valence-electron chi connectivity index (χ1n) is 12.4. The zero-order chi connectivity index (χ0) is 26.7. The number of ketones is 1. The highest BCUT2D eigenvalue weighted by molar-refractivity contribution is 7.89. The minimum Gasteiger partial charge on any atom is -0.298 e.